The van der Waals surface area contributed by atoms with E-state index in [0.29, 0.717) is 23.2 Å². The largest absolute Gasteiger partial charge is 0.481 e. The number of rotatable bonds is 5. The Labute approximate surface area is 163 Å². The summed E-state index contributed by atoms with van der Waals surface area (Å²) < 4.78 is 0. The fraction of sp³-hybridized carbons (Fsp3) is 0.957. The standard InChI is InChI=1S/C23H37NO3/c1-21-13-4-3-6-16(21)9-10-19-18(21)12-14-22(2)17(7-5-8-20(25)26)11-15-23(19,22)24-27/h16-19H,3-15H2,1-2H3,(H,25,26). The average Bonchev–Trinajstić information content (AvgIpc) is 2.94. The molecule has 4 heteroatoms. The summed E-state index contributed by atoms with van der Waals surface area (Å²) >= 11 is 0. The molecule has 4 saturated carbocycles. The predicted octanol–water partition coefficient (Wildman–Crippen LogP) is 6.18. The van der Waals surface area contributed by atoms with Gasteiger partial charge in [0.25, 0.3) is 0 Å². The molecule has 0 saturated heterocycles. The highest BCUT2D eigenvalue weighted by Crippen LogP contribution is 2.70. The molecule has 4 fully saturated rings. The number of hydrogen-bond donors (Lipinski definition) is 1. The summed E-state index contributed by atoms with van der Waals surface area (Å²) in [5.41, 5.74) is 0.00307. The molecular formula is C23H37NO3. The third-order valence-corrected chi connectivity index (χ3v) is 10.1. The van der Waals surface area contributed by atoms with Crippen LogP contribution in [0.3, 0.4) is 0 Å². The maximum Gasteiger partial charge on any atom is 0.303 e. The fourth-order valence-electron chi connectivity index (χ4n) is 8.55. The van der Waals surface area contributed by atoms with Gasteiger partial charge in [-0.2, -0.15) is 4.91 Å². The molecule has 4 rings (SSSR count). The van der Waals surface area contributed by atoms with Crippen molar-refractivity contribution < 1.29 is 9.90 Å². The van der Waals surface area contributed by atoms with E-state index >= 15 is 0 Å². The van der Waals surface area contributed by atoms with Gasteiger partial charge < -0.3 is 5.11 Å². The summed E-state index contributed by atoms with van der Waals surface area (Å²) in [6, 6.07) is 0. The zero-order valence-corrected chi connectivity index (χ0v) is 17.2. The van der Waals surface area contributed by atoms with Gasteiger partial charge in [-0.15, -0.1) is 0 Å². The highest BCUT2D eigenvalue weighted by atomic mass is 16.4. The Morgan fingerprint density at radius 3 is 2.56 bits per heavy atom. The molecular weight excluding hydrogens is 338 g/mol. The van der Waals surface area contributed by atoms with E-state index in [0.717, 1.165) is 38.0 Å². The summed E-state index contributed by atoms with van der Waals surface area (Å²) in [5.74, 6) is 1.74. The van der Waals surface area contributed by atoms with Crippen molar-refractivity contribution in [3.05, 3.63) is 4.91 Å². The van der Waals surface area contributed by atoms with Crippen LogP contribution in [0.25, 0.3) is 0 Å². The molecule has 0 amide bonds. The van der Waals surface area contributed by atoms with E-state index in [4.69, 9.17) is 5.11 Å². The maximum atomic E-state index is 12.5. The lowest BCUT2D eigenvalue weighted by Gasteiger charge is -2.62. The summed E-state index contributed by atoms with van der Waals surface area (Å²) in [6.45, 7) is 4.87. The van der Waals surface area contributed by atoms with Crippen molar-refractivity contribution >= 4 is 5.97 Å². The van der Waals surface area contributed by atoms with Crippen molar-refractivity contribution in [1.29, 1.82) is 0 Å². The van der Waals surface area contributed by atoms with Crippen LogP contribution >= 0.6 is 0 Å². The highest BCUT2D eigenvalue weighted by Gasteiger charge is 2.68. The SMILES string of the molecule is CC12CCCCC1CCC1C2CCC2(C)C(CCCC(=O)O)CCC12N=O. The van der Waals surface area contributed by atoms with Gasteiger partial charge in [-0.05, 0) is 98.7 Å². The smallest absolute Gasteiger partial charge is 0.303 e. The number of carboxylic acid groups (broad SMARTS) is 1. The van der Waals surface area contributed by atoms with Crippen LogP contribution in [-0.4, -0.2) is 16.6 Å². The number of carbonyl (C=O) groups is 1. The Hall–Kier alpha value is -0.930. The van der Waals surface area contributed by atoms with Gasteiger partial charge in [0.1, 0.15) is 5.54 Å². The molecule has 0 aliphatic heterocycles. The van der Waals surface area contributed by atoms with Gasteiger partial charge in [0, 0.05) is 6.42 Å². The van der Waals surface area contributed by atoms with Gasteiger partial charge in [-0.3, -0.25) is 4.79 Å². The van der Waals surface area contributed by atoms with E-state index in [1.54, 1.807) is 0 Å². The third kappa shape index (κ3) is 2.72. The van der Waals surface area contributed by atoms with Gasteiger partial charge >= 0.3 is 5.97 Å². The first-order valence-corrected chi connectivity index (χ1v) is 11.4. The van der Waals surface area contributed by atoms with E-state index in [1.165, 1.54) is 44.9 Å². The van der Waals surface area contributed by atoms with Gasteiger partial charge in [0.15, 0.2) is 0 Å². The first-order valence-electron chi connectivity index (χ1n) is 11.4. The summed E-state index contributed by atoms with van der Waals surface area (Å²) in [7, 11) is 0. The summed E-state index contributed by atoms with van der Waals surface area (Å²) in [4.78, 5) is 23.4. The van der Waals surface area contributed by atoms with Crippen LogP contribution in [0.15, 0.2) is 5.18 Å². The second-order valence-electron chi connectivity index (χ2n) is 10.7. The molecule has 0 aromatic carbocycles. The monoisotopic (exact) mass is 375 g/mol. The Kier molecular flexibility index (Phi) is 4.91. The molecule has 27 heavy (non-hydrogen) atoms. The average molecular weight is 376 g/mol. The molecule has 0 spiro atoms. The van der Waals surface area contributed by atoms with Crippen molar-refractivity contribution in [1.82, 2.24) is 0 Å². The Balaban J connectivity index is 1.60. The predicted molar refractivity (Wildman–Crippen MR) is 106 cm³/mol. The minimum Gasteiger partial charge on any atom is -0.481 e. The Morgan fingerprint density at radius 1 is 1.00 bits per heavy atom. The van der Waals surface area contributed by atoms with Gasteiger partial charge in [-0.25, -0.2) is 0 Å². The van der Waals surface area contributed by atoms with Crippen molar-refractivity contribution in [3.63, 3.8) is 0 Å². The number of aliphatic carboxylic acids is 1. The number of nitrogens with zero attached hydrogens (tertiary/aromatic N) is 1. The summed E-state index contributed by atoms with van der Waals surface area (Å²) in [6.07, 6.45) is 14.2. The van der Waals surface area contributed by atoms with Crippen molar-refractivity contribution in [2.24, 2.45) is 39.7 Å². The van der Waals surface area contributed by atoms with Gasteiger partial charge in [-0.1, -0.05) is 31.9 Å². The van der Waals surface area contributed by atoms with Crippen LogP contribution in [0.4, 0.5) is 0 Å². The normalized spacial score (nSPS) is 49.0. The second kappa shape index (κ2) is 6.84. The molecule has 4 aliphatic rings. The lowest BCUT2D eigenvalue weighted by Crippen LogP contribution is -2.60. The number of nitroso groups, excluding NO2 is 1. The fourth-order valence-corrected chi connectivity index (χ4v) is 8.55. The lowest BCUT2D eigenvalue weighted by molar-refractivity contribution is -0.137. The molecule has 0 aromatic heterocycles. The maximum absolute atomic E-state index is 12.5. The quantitative estimate of drug-likeness (QED) is 0.583. The molecule has 1 N–H and O–H groups in total. The van der Waals surface area contributed by atoms with Crippen LogP contribution in [0.5, 0.6) is 0 Å². The molecule has 0 heterocycles. The zero-order valence-electron chi connectivity index (χ0n) is 17.2. The summed E-state index contributed by atoms with van der Waals surface area (Å²) in [5, 5.41) is 13.0. The number of carboxylic acids is 1. The third-order valence-electron chi connectivity index (χ3n) is 10.1. The zero-order chi connectivity index (χ0) is 19.3. The van der Waals surface area contributed by atoms with Crippen LogP contribution in [-0.2, 0) is 4.79 Å². The van der Waals surface area contributed by atoms with Crippen LogP contribution in [0.2, 0.25) is 0 Å². The number of fused-ring (bicyclic) bond motifs is 5. The topological polar surface area (TPSA) is 66.7 Å². The van der Waals surface area contributed by atoms with E-state index in [2.05, 4.69) is 19.0 Å². The van der Waals surface area contributed by atoms with Crippen molar-refractivity contribution in [2.45, 2.75) is 103 Å². The van der Waals surface area contributed by atoms with Crippen LogP contribution in [0.1, 0.15) is 97.3 Å². The van der Waals surface area contributed by atoms with E-state index < -0.39 is 11.5 Å². The molecule has 0 radical (unpaired) electrons. The van der Waals surface area contributed by atoms with Crippen molar-refractivity contribution in [3.8, 4) is 0 Å². The van der Waals surface area contributed by atoms with Gasteiger partial charge in [0.05, 0.1) is 0 Å². The molecule has 4 aliphatic carbocycles. The highest BCUT2D eigenvalue weighted by molar-refractivity contribution is 5.66. The molecule has 7 unspecified atom stereocenters. The Morgan fingerprint density at radius 2 is 1.81 bits per heavy atom. The minimum atomic E-state index is -0.704. The van der Waals surface area contributed by atoms with Crippen LogP contribution < -0.4 is 0 Å². The minimum absolute atomic E-state index is 0.0215. The molecule has 4 nitrogen and oxygen atoms in total. The first-order chi connectivity index (χ1) is 12.9. The molecule has 0 bridgehead atoms. The van der Waals surface area contributed by atoms with E-state index in [-0.39, 0.29) is 11.8 Å². The number of hydrogen-bond acceptors (Lipinski definition) is 3. The lowest BCUT2D eigenvalue weighted by atomic mass is 9.42. The molecule has 152 valence electrons. The van der Waals surface area contributed by atoms with Crippen molar-refractivity contribution in [2.75, 3.05) is 0 Å². The Bertz CT molecular complexity index is 606. The van der Waals surface area contributed by atoms with E-state index in [1.807, 2.05) is 0 Å². The molecule has 0 aromatic rings. The second-order valence-corrected chi connectivity index (χ2v) is 10.7. The molecule has 7 atom stereocenters. The first kappa shape index (κ1) is 19.4. The van der Waals surface area contributed by atoms with Crippen LogP contribution in [0, 0.1) is 39.4 Å². The van der Waals surface area contributed by atoms with Gasteiger partial charge in [0.2, 0.25) is 0 Å². The van der Waals surface area contributed by atoms with E-state index in [9.17, 15) is 9.70 Å².